The highest BCUT2D eigenvalue weighted by Crippen LogP contribution is 2.38. The molecule has 1 aliphatic rings. The van der Waals surface area contributed by atoms with Gasteiger partial charge in [0.05, 0.1) is 15.9 Å². The van der Waals surface area contributed by atoms with Gasteiger partial charge in [0, 0.05) is 19.0 Å². The fourth-order valence-electron chi connectivity index (χ4n) is 2.31. The lowest BCUT2D eigenvalue weighted by molar-refractivity contribution is -0.121. The zero-order valence-corrected chi connectivity index (χ0v) is 15.6. The van der Waals surface area contributed by atoms with Gasteiger partial charge in [-0.05, 0) is 42.6 Å². The van der Waals surface area contributed by atoms with Crippen LogP contribution in [0.15, 0.2) is 9.00 Å². The van der Waals surface area contributed by atoms with Crippen LogP contribution in [0.4, 0.5) is 0 Å². The van der Waals surface area contributed by atoms with Crippen LogP contribution in [0, 0.1) is 13.8 Å². The number of amides is 2. The van der Waals surface area contributed by atoms with Crippen molar-refractivity contribution in [2.75, 3.05) is 13.1 Å². The molecule has 25 heavy (non-hydrogen) atoms. The second-order valence-corrected chi connectivity index (χ2v) is 6.77. The van der Waals surface area contributed by atoms with Crippen LogP contribution < -0.4 is 10.6 Å². The quantitative estimate of drug-likeness (QED) is 0.659. The molecule has 2 N–H and O–H groups in total. The van der Waals surface area contributed by atoms with E-state index in [4.69, 9.17) is 4.52 Å². The summed E-state index contributed by atoms with van der Waals surface area (Å²) in [5.74, 6) is 0.270. The number of aromatic nitrogens is 4. The van der Waals surface area contributed by atoms with Crippen molar-refractivity contribution in [2.24, 2.45) is 0 Å². The first-order valence-electron chi connectivity index (χ1n) is 8.03. The molecule has 10 heteroatoms. The number of halogens is 1. The number of rotatable bonds is 7. The third-order valence-corrected chi connectivity index (χ3v) is 5.05. The maximum atomic E-state index is 11.9. The lowest BCUT2D eigenvalue weighted by Gasteiger charge is -2.07. The van der Waals surface area contributed by atoms with E-state index < -0.39 is 5.91 Å². The average molecular weight is 411 g/mol. The van der Waals surface area contributed by atoms with Gasteiger partial charge >= 0.3 is 11.8 Å². The second-order valence-electron chi connectivity index (χ2n) is 5.98. The Balaban J connectivity index is 1.39. The van der Waals surface area contributed by atoms with Crippen LogP contribution in [-0.2, 0) is 11.3 Å². The van der Waals surface area contributed by atoms with Gasteiger partial charge in [0.15, 0.2) is 5.82 Å². The number of carbonyl (C=O) groups is 2. The molecular formula is C15H19BrN6O3. The predicted molar refractivity (Wildman–Crippen MR) is 91.0 cm³/mol. The average Bonchev–Trinajstić information content (AvgIpc) is 3.27. The van der Waals surface area contributed by atoms with Crippen LogP contribution in [0.5, 0.6) is 0 Å². The molecule has 2 amide bonds. The maximum Gasteiger partial charge on any atom is 0.315 e. The predicted octanol–water partition coefficient (Wildman–Crippen LogP) is 1.07. The number of hydrogen-bond acceptors (Lipinski definition) is 6. The lowest BCUT2D eigenvalue weighted by atomic mass is 10.4. The van der Waals surface area contributed by atoms with Crippen molar-refractivity contribution in [3.8, 4) is 0 Å². The monoisotopic (exact) mass is 410 g/mol. The molecule has 0 saturated heterocycles. The number of nitrogens with zero attached hydrogens (tertiary/aromatic N) is 4. The molecule has 2 heterocycles. The molecule has 134 valence electrons. The van der Waals surface area contributed by atoms with Crippen LogP contribution in [0.3, 0.4) is 0 Å². The van der Waals surface area contributed by atoms with Crippen molar-refractivity contribution in [1.29, 1.82) is 0 Å². The van der Waals surface area contributed by atoms with E-state index in [1.54, 1.807) is 4.68 Å². The van der Waals surface area contributed by atoms with Gasteiger partial charge in [-0.1, -0.05) is 5.16 Å². The number of nitrogens with one attached hydrogen (secondary N) is 2. The summed E-state index contributed by atoms with van der Waals surface area (Å²) in [6.45, 7) is 4.45. The summed E-state index contributed by atoms with van der Waals surface area (Å²) in [6, 6.07) is 0. The Kier molecular flexibility index (Phi) is 5.16. The minimum absolute atomic E-state index is 0.0410. The van der Waals surface area contributed by atoms with Crippen molar-refractivity contribution in [3.05, 3.63) is 27.6 Å². The summed E-state index contributed by atoms with van der Waals surface area (Å²) in [7, 11) is 0. The van der Waals surface area contributed by atoms with Crippen LogP contribution in [-0.4, -0.2) is 44.8 Å². The maximum absolute atomic E-state index is 11.9. The van der Waals surface area contributed by atoms with Gasteiger partial charge in [-0.25, -0.2) is 0 Å². The van der Waals surface area contributed by atoms with Gasteiger partial charge < -0.3 is 15.2 Å². The highest BCUT2D eigenvalue weighted by Gasteiger charge is 2.29. The molecule has 9 nitrogen and oxygen atoms in total. The van der Waals surface area contributed by atoms with Crippen LogP contribution in [0.2, 0.25) is 0 Å². The van der Waals surface area contributed by atoms with Gasteiger partial charge in [-0.15, -0.1) is 0 Å². The summed E-state index contributed by atoms with van der Waals surface area (Å²) in [6.07, 6.45) is 2.08. The topological polar surface area (TPSA) is 115 Å². The summed E-state index contributed by atoms with van der Waals surface area (Å²) in [5, 5.41) is 13.4. The summed E-state index contributed by atoms with van der Waals surface area (Å²) in [5.41, 5.74) is 1.73. The third kappa shape index (κ3) is 4.25. The third-order valence-electron chi connectivity index (χ3n) is 3.90. The fraction of sp³-hybridized carbons (Fsp3) is 0.533. The molecule has 3 rings (SSSR count). The number of hydrogen-bond donors (Lipinski definition) is 2. The molecular weight excluding hydrogens is 392 g/mol. The van der Waals surface area contributed by atoms with Crippen molar-refractivity contribution in [1.82, 2.24) is 30.6 Å². The molecule has 0 aromatic carbocycles. The standard InChI is InChI=1S/C15H19BrN6O3/c1-8-12(16)9(2)22(20-8)7-11(23)17-5-6-18-14(24)15-19-13(21-25-15)10-3-4-10/h10H,3-7H2,1-2H3,(H,17,23)(H,18,24). The zero-order chi connectivity index (χ0) is 18.0. The minimum Gasteiger partial charge on any atom is -0.353 e. The van der Waals surface area contributed by atoms with Crippen LogP contribution >= 0.6 is 15.9 Å². The van der Waals surface area contributed by atoms with Crippen LogP contribution in [0.1, 0.15) is 46.7 Å². The van der Waals surface area contributed by atoms with E-state index in [2.05, 4.69) is 41.8 Å². The van der Waals surface area contributed by atoms with E-state index in [0.29, 0.717) is 18.3 Å². The van der Waals surface area contributed by atoms with Crippen molar-refractivity contribution < 1.29 is 14.1 Å². The molecule has 0 spiro atoms. The van der Waals surface area contributed by atoms with Crippen molar-refractivity contribution in [3.63, 3.8) is 0 Å². The van der Waals surface area contributed by atoms with E-state index in [0.717, 1.165) is 28.7 Å². The van der Waals surface area contributed by atoms with E-state index in [1.165, 1.54) is 0 Å². The summed E-state index contributed by atoms with van der Waals surface area (Å²) < 4.78 is 7.47. The Labute approximate surface area is 152 Å². The Bertz CT molecular complexity index is 795. The first-order chi connectivity index (χ1) is 12.0. The summed E-state index contributed by atoms with van der Waals surface area (Å²) in [4.78, 5) is 27.9. The van der Waals surface area contributed by atoms with E-state index in [9.17, 15) is 9.59 Å². The Morgan fingerprint density at radius 3 is 2.64 bits per heavy atom. The smallest absolute Gasteiger partial charge is 0.315 e. The lowest BCUT2D eigenvalue weighted by Crippen LogP contribution is -2.36. The van der Waals surface area contributed by atoms with E-state index in [-0.39, 0.29) is 24.9 Å². The van der Waals surface area contributed by atoms with Gasteiger partial charge in [0.2, 0.25) is 5.91 Å². The van der Waals surface area contributed by atoms with Crippen molar-refractivity contribution >= 4 is 27.7 Å². The molecule has 0 bridgehead atoms. The highest BCUT2D eigenvalue weighted by atomic mass is 79.9. The SMILES string of the molecule is Cc1nn(CC(=O)NCCNC(=O)c2nc(C3CC3)no2)c(C)c1Br. The minimum atomic E-state index is -0.434. The Morgan fingerprint density at radius 2 is 2.00 bits per heavy atom. The van der Waals surface area contributed by atoms with Gasteiger partial charge in [-0.2, -0.15) is 10.1 Å². The summed E-state index contributed by atoms with van der Waals surface area (Å²) >= 11 is 3.42. The van der Waals surface area contributed by atoms with E-state index in [1.807, 2.05) is 13.8 Å². The largest absolute Gasteiger partial charge is 0.353 e. The molecule has 0 radical (unpaired) electrons. The molecule has 2 aromatic heterocycles. The molecule has 0 unspecified atom stereocenters. The molecule has 1 saturated carbocycles. The molecule has 0 atom stereocenters. The molecule has 0 aliphatic heterocycles. The molecule has 1 aliphatic carbocycles. The Hall–Kier alpha value is -2.23. The fourth-order valence-corrected chi connectivity index (χ4v) is 2.59. The van der Waals surface area contributed by atoms with Gasteiger partial charge in [0.1, 0.15) is 6.54 Å². The first-order valence-corrected chi connectivity index (χ1v) is 8.83. The van der Waals surface area contributed by atoms with Crippen molar-refractivity contribution in [2.45, 2.75) is 39.2 Å². The normalized spacial score (nSPS) is 13.7. The number of carbonyl (C=O) groups excluding carboxylic acids is 2. The second kappa shape index (κ2) is 7.34. The van der Waals surface area contributed by atoms with Gasteiger partial charge in [0.25, 0.3) is 0 Å². The highest BCUT2D eigenvalue weighted by molar-refractivity contribution is 9.10. The molecule has 2 aromatic rings. The van der Waals surface area contributed by atoms with E-state index >= 15 is 0 Å². The first kappa shape index (κ1) is 17.6. The van der Waals surface area contributed by atoms with Gasteiger partial charge in [-0.3, -0.25) is 14.3 Å². The Morgan fingerprint density at radius 1 is 1.28 bits per heavy atom. The van der Waals surface area contributed by atoms with Crippen LogP contribution in [0.25, 0.3) is 0 Å². The number of aryl methyl sites for hydroxylation is 1. The molecule has 1 fully saturated rings. The zero-order valence-electron chi connectivity index (χ0n) is 14.0.